The number of anilines is 1. The van der Waals surface area contributed by atoms with Gasteiger partial charge in [0.1, 0.15) is 9.84 Å². The summed E-state index contributed by atoms with van der Waals surface area (Å²) in [7, 11) is -3.06. The van der Waals surface area contributed by atoms with Gasteiger partial charge in [0.2, 0.25) is 0 Å². The molecule has 0 radical (unpaired) electrons. The first-order valence-electron chi connectivity index (χ1n) is 5.36. The van der Waals surface area contributed by atoms with Crippen LogP contribution in [-0.4, -0.2) is 32.9 Å². The van der Waals surface area contributed by atoms with Crippen molar-refractivity contribution in [3.8, 4) is 0 Å². The summed E-state index contributed by atoms with van der Waals surface area (Å²) >= 11 is 0. The normalized spacial score (nSPS) is 11.1. The van der Waals surface area contributed by atoms with E-state index in [1.807, 2.05) is 6.92 Å². The average molecular weight is 271 g/mol. The van der Waals surface area contributed by atoms with Gasteiger partial charge in [-0.05, 0) is 30.7 Å². The number of benzene rings is 1. The molecule has 1 rings (SSSR count). The Morgan fingerprint density at radius 2 is 2.06 bits per heavy atom. The van der Waals surface area contributed by atoms with E-state index in [2.05, 4.69) is 10.7 Å². The van der Waals surface area contributed by atoms with Gasteiger partial charge < -0.3 is 10.7 Å². The predicted molar refractivity (Wildman–Crippen MR) is 71.0 cm³/mol. The van der Waals surface area contributed by atoms with Crippen molar-refractivity contribution in [1.82, 2.24) is 5.32 Å². The Balaban J connectivity index is 2.65. The molecule has 0 fully saturated rings. The van der Waals surface area contributed by atoms with Gasteiger partial charge in [0.25, 0.3) is 5.91 Å². The highest BCUT2D eigenvalue weighted by atomic mass is 32.2. The molecule has 1 amide bonds. The first-order chi connectivity index (χ1) is 8.33. The molecule has 0 saturated heterocycles. The maximum absolute atomic E-state index is 11.7. The third-order valence-electron chi connectivity index (χ3n) is 2.40. The minimum absolute atomic E-state index is 0.0693. The van der Waals surface area contributed by atoms with Crippen LogP contribution in [0.5, 0.6) is 0 Å². The number of hydrazine groups is 1. The molecule has 7 heteroatoms. The van der Waals surface area contributed by atoms with Gasteiger partial charge in [0, 0.05) is 18.4 Å². The van der Waals surface area contributed by atoms with Crippen LogP contribution in [0, 0.1) is 6.92 Å². The lowest BCUT2D eigenvalue weighted by Crippen LogP contribution is -2.28. The summed E-state index contributed by atoms with van der Waals surface area (Å²) in [5, 5.41) is 2.55. The number of carbonyl (C=O) groups is 1. The van der Waals surface area contributed by atoms with Gasteiger partial charge in [0.15, 0.2) is 0 Å². The quantitative estimate of drug-likeness (QED) is 0.519. The van der Waals surface area contributed by atoms with E-state index in [-0.39, 0.29) is 18.2 Å². The average Bonchev–Trinajstić information content (AvgIpc) is 2.27. The molecule has 0 aromatic heterocycles. The third-order valence-corrected chi connectivity index (χ3v) is 3.35. The van der Waals surface area contributed by atoms with Crippen LogP contribution in [0.1, 0.15) is 15.9 Å². The SMILES string of the molecule is Cc1cc(C(=O)NCCS(C)(=O)=O)ccc1NN. The lowest BCUT2D eigenvalue weighted by atomic mass is 10.1. The summed E-state index contributed by atoms with van der Waals surface area (Å²) < 4.78 is 21.8. The summed E-state index contributed by atoms with van der Waals surface area (Å²) in [6.07, 6.45) is 1.13. The first kappa shape index (κ1) is 14.5. The van der Waals surface area contributed by atoms with E-state index in [0.29, 0.717) is 5.56 Å². The van der Waals surface area contributed by atoms with Crippen molar-refractivity contribution >= 4 is 21.4 Å². The Hall–Kier alpha value is -1.60. The number of amides is 1. The number of nitrogens with one attached hydrogen (secondary N) is 2. The van der Waals surface area contributed by atoms with Gasteiger partial charge in [-0.15, -0.1) is 0 Å². The molecule has 4 N–H and O–H groups in total. The van der Waals surface area contributed by atoms with Crippen molar-refractivity contribution in [1.29, 1.82) is 0 Å². The Bertz CT molecular complexity index is 540. The van der Waals surface area contributed by atoms with Crippen LogP contribution in [0.25, 0.3) is 0 Å². The van der Waals surface area contributed by atoms with Gasteiger partial charge in [-0.2, -0.15) is 0 Å². The second kappa shape index (κ2) is 5.83. The topological polar surface area (TPSA) is 101 Å². The fourth-order valence-corrected chi connectivity index (χ4v) is 1.89. The van der Waals surface area contributed by atoms with Crippen molar-refractivity contribution in [2.24, 2.45) is 5.84 Å². The molecular weight excluding hydrogens is 254 g/mol. The van der Waals surface area contributed by atoms with Crippen molar-refractivity contribution in [2.75, 3.05) is 24.0 Å². The van der Waals surface area contributed by atoms with E-state index in [0.717, 1.165) is 17.5 Å². The number of hydrogen-bond donors (Lipinski definition) is 3. The summed E-state index contributed by atoms with van der Waals surface area (Å²) in [5.74, 6) is 4.92. The molecule has 0 heterocycles. The second-order valence-corrected chi connectivity index (χ2v) is 6.32. The fraction of sp³-hybridized carbons (Fsp3) is 0.364. The molecule has 0 spiro atoms. The molecule has 0 aliphatic heterocycles. The number of nitrogens with two attached hydrogens (primary N) is 1. The monoisotopic (exact) mass is 271 g/mol. The van der Waals surface area contributed by atoms with Crippen molar-refractivity contribution in [3.05, 3.63) is 29.3 Å². The minimum Gasteiger partial charge on any atom is -0.351 e. The van der Waals surface area contributed by atoms with Crippen LogP contribution < -0.4 is 16.6 Å². The van der Waals surface area contributed by atoms with E-state index in [1.54, 1.807) is 18.2 Å². The summed E-state index contributed by atoms with van der Waals surface area (Å²) in [5.41, 5.74) is 4.57. The zero-order valence-corrected chi connectivity index (χ0v) is 11.2. The first-order valence-corrected chi connectivity index (χ1v) is 7.43. The molecular formula is C11H17N3O3S. The second-order valence-electron chi connectivity index (χ2n) is 4.06. The van der Waals surface area contributed by atoms with Gasteiger partial charge in [0.05, 0.1) is 11.4 Å². The lowest BCUT2D eigenvalue weighted by molar-refractivity contribution is 0.0956. The number of aryl methyl sites for hydroxylation is 1. The van der Waals surface area contributed by atoms with Crippen LogP contribution in [0.2, 0.25) is 0 Å². The molecule has 0 atom stereocenters. The molecule has 100 valence electrons. The van der Waals surface area contributed by atoms with E-state index < -0.39 is 9.84 Å². The lowest BCUT2D eigenvalue weighted by Gasteiger charge is -2.08. The van der Waals surface area contributed by atoms with Gasteiger partial charge in [-0.3, -0.25) is 10.6 Å². The van der Waals surface area contributed by atoms with Crippen LogP contribution in [-0.2, 0) is 9.84 Å². The highest BCUT2D eigenvalue weighted by Gasteiger charge is 2.08. The van der Waals surface area contributed by atoms with E-state index >= 15 is 0 Å². The summed E-state index contributed by atoms with van der Waals surface area (Å²) in [6.45, 7) is 1.93. The Labute approximate surface area is 106 Å². The van der Waals surface area contributed by atoms with Crippen molar-refractivity contribution in [2.45, 2.75) is 6.92 Å². The van der Waals surface area contributed by atoms with Crippen molar-refractivity contribution in [3.63, 3.8) is 0 Å². The molecule has 18 heavy (non-hydrogen) atoms. The molecule has 0 saturated carbocycles. The van der Waals surface area contributed by atoms with Crippen LogP contribution >= 0.6 is 0 Å². The number of sulfone groups is 1. The number of nitrogen functional groups attached to an aromatic ring is 1. The predicted octanol–water partition coefficient (Wildman–Crippen LogP) is 0.0550. The van der Waals surface area contributed by atoms with Crippen LogP contribution in [0.15, 0.2) is 18.2 Å². The fourth-order valence-electron chi connectivity index (χ4n) is 1.42. The molecule has 1 aromatic rings. The van der Waals surface area contributed by atoms with Crippen molar-refractivity contribution < 1.29 is 13.2 Å². The van der Waals surface area contributed by atoms with E-state index in [9.17, 15) is 13.2 Å². The Kier molecular flexibility index (Phi) is 4.69. The summed E-state index contributed by atoms with van der Waals surface area (Å²) in [4.78, 5) is 11.7. The third kappa shape index (κ3) is 4.34. The largest absolute Gasteiger partial charge is 0.351 e. The number of rotatable bonds is 5. The number of carbonyl (C=O) groups excluding carboxylic acids is 1. The van der Waals surface area contributed by atoms with Gasteiger partial charge in [-0.1, -0.05) is 0 Å². The highest BCUT2D eigenvalue weighted by Crippen LogP contribution is 2.14. The molecule has 0 bridgehead atoms. The van der Waals surface area contributed by atoms with Crippen LogP contribution in [0.3, 0.4) is 0 Å². The smallest absolute Gasteiger partial charge is 0.251 e. The maximum Gasteiger partial charge on any atom is 0.251 e. The Morgan fingerprint density at radius 3 is 2.56 bits per heavy atom. The molecule has 1 aromatic carbocycles. The van der Waals surface area contributed by atoms with E-state index in [1.165, 1.54) is 0 Å². The minimum atomic E-state index is -3.06. The highest BCUT2D eigenvalue weighted by molar-refractivity contribution is 7.90. The zero-order valence-electron chi connectivity index (χ0n) is 10.4. The van der Waals surface area contributed by atoms with E-state index in [4.69, 9.17) is 5.84 Å². The molecule has 0 aliphatic rings. The maximum atomic E-state index is 11.7. The molecule has 0 aliphatic carbocycles. The van der Waals surface area contributed by atoms with Gasteiger partial charge >= 0.3 is 0 Å². The van der Waals surface area contributed by atoms with Gasteiger partial charge in [-0.25, -0.2) is 8.42 Å². The van der Waals surface area contributed by atoms with Crippen LogP contribution in [0.4, 0.5) is 5.69 Å². The summed E-state index contributed by atoms with van der Waals surface area (Å²) in [6, 6.07) is 5.00. The molecule has 0 unspecified atom stereocenters. The standard InChI is InChI=1S/C11H17N3O3S/c1-8-7-9(3-4-10(8)14-12)11(15)13-5-6-18(2,16)17/h3-4,7,14H,5-6,12H2,1-2H3,(H,13,15). The number of hydrogen-bond acceptors (Lipinski definition) is 5. The molecule has 6 nitrogen and oxygen atoms in total. The zero-order chi connectivity index (χ0) is 13.8. The Morgan fingerprint density at radius 1 is 1.39 bits per heavy atom.